The molecule has 0 saturated heterocycles. The number of nitrogens with one attached hydrogen (secondary N) is 1. The van der Waals surface area contributed by atoms with E-state index in [0.717, 1.165) is 11.3 Å². The lowest BCUT2D eigenvalue weighted by Crippen LogP contribution is -2.23. The average Bonchev–Trinajstić information content (AvgIpc) is 2.73. The highest BCUT2D eigenvalue weighted by atomic mass is 32.2. The number of thioether (sulfide) groups is 1. The number of nitrogens with two attached hydrogens (primary N) is 1. The molecule has 6 nitrogen and oxygen atoms in total. The fourth-order valence-electron chi connectivity index (χ4n) is 1.52. The Balaban J connectivity index is 1.98. The highest BCUT2D eigenvalue weighted by Crippen LogP contribution is 2.21. The quantitative estimate of drug-likeness (QED) is 0.662. The smallest absolute Gasteiger partial charge is 0.237 e. The van der Waals surface area contributed by atoms with Gasteiger partial charge in [0.2, 0.25) is 11.1 Å². The first-order valence-corrected chi connectivity index (χ1v) is 7.06. The van der Waals surface area contributed by atoms with Gasteiger partial charge in [0.1, 0.15) is 5.82 Å². The third-order valence-electron chi connectivity index (χ3n) is 2.81. The van der Waals surface area contributed by atoms with E-state index in [4.69, 9.17) is 5.84 Å². The van der Waals surface area contributed by atoms with Crippen LogP contribution >= 0.6 is 11.8 Å². The number of aryl methyl sites for hydroxylation is 2. The maximum Gasteiger partial charge on any atom is 0.237 e. The molecule has 2 aromatic rings. The van der Waals surface area contributed by atoms with Crippen molar-refractivity contribution < 1.29 is 4.79 Å². The number of nitrogen functional groups attached to an aromatic ring is 1. The number of carbonyl (C=O) groups is 1. The number of amides is 1. The van der Waals surface area contributed by atoms with Gasteiger partial charge in [0.05, 0.1) is 5.25 Å². The molecule has 0 bridgehead atoms. The van der Waals surface area contributed by atoms with Crippen LogP contribution in [0.5, 0.6) is 0 Å². The average molecular weight is 291 g/mol. The summed E-state index contributed by atoms with van der Waals surface area (Å²) in [6.45, 7) is 5.56. The predicted molar refractivity (Wildman–Crippen MR) is 80.0 cm³/mol. The van der Waals surface area contributed by atoms with Crippen LogP contribution in [0.3, 0.4) is 0 Å². The van der Waals surface area contributed by atoms with Crippen LogP contribution < -0.4 is 11.2 Å². The highest BCUT2D eigenvalue weighted by molar-refractivity contribution is 8.00. The van der Waals surface area contributed by atoms with E-state index in [1.54, 1.807) is 13.8 Å². The molecule has 0 aliphatic carbocycles. The largest absolute Gasteiger partial charge is 0.336 e. The second kappa shape index (κ2) is 5.96. The van der Waals surface area contributed by atoms with Crippen LogP contribution in [0.2, 0.25) is 0 Å². The molecule has 20 heavy (non-hydrogen) atoms. The highest BCUT2D eigenvalue weighted by Gasteiger charge is 2.18. The molecule has 3 N–H and O–H groups in total. The third-order valence-corrected chi connectivity index (χ3v) is 3.86. The first-order chi connectivity index (χ1) is 9.47. The normalized spacial score (nSPS) is 12.2. The fourth-order valence-corrected chi connectivity index (χ4v) is 2.34. The molecule has 7 heteroatoms. The molecule has 0 saturated carbocycles. The van der Waals surface area contributed by atoms with Gasteiger partial charge in [-0.3, -0.25) is 4.79 Å². The number of carbonyl (C=O) groups excluding carboxylic acids is 1. The van der Waals surface area contributed by atoms with Crippen LogP contribution in [0, 0.1) is 13.8 Å². The number of hydrogen-bond acceptors (Lipinski definition) is 5. The van der Waals surface area contributed by atoms with Crippen molar-refractivity contribution in [3.8, 4) is 0 Å². The van der Waals surface area contributed by atoms with Gasteiger partial charge in [0, 0.05) is 5.69 Å². The summed E-state index contributed by atoms with van der Waals surface area (Å²) in [7, 11) is 0. The van der Waals surface area contributed by atoms with Gasteiger partial charge in [-0.25, -0.2) is 4.68 Å². The third kappa shape index (κ3) is 3.30. The monoisotopic (exact) mass is 291 g/mol. The molecular weight excluding hydrogens is 274 g/mol. The van der Waals surface area contributed by atoms with Crippen molar-refractivity contribution in [1.82, 2.24) is 14.9 Å². The van der Waals surface area contributed by atoms with Gasteiger partial charge >= 0.3 is 0 Å². The molecule has 0 unspecified atom stereocenters. The van der Waals surface area contributed by atoms with E-state index in [-0.39, 0.29) is 11.2 Å². The number of rotatable bonds is 4. The van der Waals surface area contributed by atoms with Crippen molar-refractivity contribution in [3.05, 3.63) is 35.7 Å². The van der Waals surface area contributed by atoms with Gasteiger partial charge in [0.15, 0.2) is 0 Å². The SMILES string of the molecule is Cc1ccc(NC(=O)[C@@H](C)Sc2nnc(C)n2N)cc1. The minimum Gasteiger partial charge on any atom is -0.336 e. The lowest BCUT2D eigenvalue weighted by Gasteiger charge is -2.11. The molecule has 0 aliphatic heterocycles. The van der Waals surface area contributed by atoms with Crippen molar-refractivity contribution in [2.45, 2.75) is 31.2 Å². The summed E-state index contributed by atoms with van der Waals surface area (Å²) in [6, 6.07) is 7.65. The van der Waals surface area contributed by atoms with Crippen molar-refractivity contribution >= 4 is 23.4 Å². The second-order valence-corrected chi connectivity index (χ2v) is 5.82. The predicted octanol–water partition coefficient (Wildman–Crippen LogP) is 1.73. The summed E-state index contributed by atoms with van der Waals surface area (Å²) in [5.41, 5.74) is 1.93. The lowest BCUT2D eigenvalue weighted by molar-refractivity contribution is -0.115. The molecule has 0 spiro atoms. The van der Waals surface area contributed by atoms with E-state index in [0.29, 0.717) is 11.0 Å². The molecule has 1 heterocycles. The van der Waals surface area contributed by atoms with Crippen molar-refractivity contribution in [2.24, 2.45) is 0 Å². The molecule has 106 valence electrons. The Labute approximate surface area is 121 Å². The molecular formula is C13H17N5OS. The van der Waals surface area contributed by atoms with Gasteiger partial charge in [-0.05, 0) is 32.9 Å². The summed E-state index contributed by atoms with van der Waals surface area (Å²) < 4.78 is 1.38. The van der Waals surface area contributed by atoms with E-state index >= 15 is 0 Å². The Hall–Kier alpha value is -2.02. The Kier molecular flexibility index (Phi) is 4.29. The molecule has 1 atom stereocenters. The van der Waals surface area contributed by atoms with Gasteiger partial charge < -0.3 is 11.2 Å². The Bertz CT molecular complexity index is 608. The van der Waals surface area contributed by atoms with E-state index in [9.17, 15) is 4.79 Å². The van der Waals surface area contributed by atoms with Gasteiger partial charge in [-0.15, -0.1) is 10.2 Å². The first-order valence-electron chi connectivity index (χ1n) is 6.18. The van der Waals surface area contributed by atoms with E-state index in [1.165, 1.54) is 16.4 Å². The zero-order valence-corrected chi connectivity index (χ0v) is 12.4. The van der Waals surface area contributed by atoms with Crippen molar-refractivity contribution in [3.63, 3.8) is 0 Å². The molecule has 2 rings (SSSR count). The zero-order valence-electron chi connectivity index (χ0n) is 11.6. The van der Waals surface area contributed by atoms with Crippen LogP contribution in [0.1, 0.15) is 18.3 Å². The molecule has 0 fully saturated rings. The number of hydrogen-bond donors (Lipinski definition) is 2. The van der Waals surface area contributed by atoms with Crippen LogP contribution in [0.25, 0.3) is 0 Å². The van der Waals surface area contributed by atoms with Crippen LogP contribution in [-0.2, 0) is 4.79 Å². The van der Waals surface area contributed by atoms with Gasteiger partial charge in [0.25, 0.3) is 0 Å². The zero-order chi connectivity index (χ0) is 14.7. The summed E-state index contributed by atoms with van der Waals surface area (Å²) in [6.07, 6.45) is 0. The second-order valence-electron chi connectivity index (χ2n) is 4.52. The van der Waals surface area contributed by atoms with E-state index < -0.39 is 0 Å². The minimum atomic E-state index is -0.317. The van der Waals surface area contributed by atoms with E-state index in [2.05, 4.69) is 15.5 Å². The molecule has 0 aliphatic rings. The first kappa shape index (κ1) is 14.4. The van der Waals surface area contributed by atoms with Crippen molar-refractivity contribution in [1.29, 1.82) is 0 Å². The molecule has 1 aromatic heterocycles. The molecule has 1 aromatic carbocycles. The number of aromatic nitrogens is 3. The number of nitrogens with zero attached hydrogens (tertiary/aromatic N) is 3. The van der Waals surface area contributed by atoms with Crippen LogP contribution in [-0.4, -0.2) is 26.0 Å². The summed E-state index contributed by atoms with van der Waals surface area (Å²) in [4.78, 5) is 12.1. The Morgan fingerprint density at radius 2 is 1.95 bits per heavy atom. The standard InChI is InChI=1S/C13H17N5OS/c1-8-4-6-11(7-5-8)15-12(19)9(2)20-13-17-16-10(3)18(13)14/h4-7,9H,14H2,1-3H3,(H,15,19)/t9-/m1/s1. The minimum absolute atomic E-state index is 0.0977. The van der Waals surface area contributed by atoms with Crippen molar-refractivity contribution in [2.75, 3.05) is 11.2 Å². The topological polar surface area (TPSA) is 85.8 Å². The van der Waals surface area contributed by atoms with E-state index in [1.807, 2.05) is 31.2 Å². The molecule has 0 radical (unpaired) electrons. The summed E-state index contributed by atoms with van der Waals surface area (Å²) in [5, 5.41) is 10.8. The fraction of sp³-hybridized carbons (Fsp3) is 0.308. The van der Waals surface area contributed by atoms with Gasteiger partial charge in [-0.1, -0.05) is 29.5 Å². The van der Waals surface area contributed by atoms with Crippen LogP contribution in [0.15, 0.2) is 29.4 Å². The number of anilines is 1. The maximum atomic E-state index is 12.1. The lowest BCUT2D eigenvalue weighted by atomic mass is 10.2. The molecule has 1 amide bonds. The van der Waals surface area contributed by atoms with Crippen LogP contribution in [0.4, 0.5) is 5.69 Å². The maximum absolute atomic E-state index is 12.1. The Morgan fingerprint density at radius 1 is 1.30 bits per heavy atom. The Morgan fingerprint density at radius 3 is 2.50 bits per heavy atom. The summed E-state index contributed by atoms with van der Waals surface area (Å²) >= 11 is 1.27. The summed E-state index contributed by atoms with van der Waals surface area (Å²) in [5.74, 6) is 6.27. The van der Waals surface area contributed by atoms with Gasteiger partial charge in [-0.2, -0.15) is 0 Å². The number of benzene rings is 1.